The lowest BCUT2D eigenvalue weighted by Gasteiger charge is -2.31. The molecule has 1 rings (SSSR count). The van der Waals surface area contributed by atoms with Crippen LogP contribution < -0.4 is 0 Å². The number of hydrogen-bond acceptors (Lipinski definition) is 4. The molecule has 0 saturated carbocycles. The second-order valence-electron chi connectivity index (χ2n) is 3.71. The Hall–Kier alpha value is -0.520. The lowest BCUT2D eigenvalue weighted by atomic mass is 10.1. The van der Waals surface area contributed by atoms with Crippen LogP contribution in [0.15, 0.2) is 30.3 Å². The smallest absolute Gasteiger partial charge is 0.364 e. The van der Waals surface area contributed by atoms with Gasteiger partial charge in [0, 0.05) is 7.11 Å². The molecule has 7 nitrogen and oxygen atoms in total. The third-order valence-electron chi connectivity index (χ3n) is 2.38. The summed E-state index contributed by atoms with van der Waals surface area (Å²) in [5.41, 5.74) is -0.0963. The summed E-state index contributed by atoms with van der Waals surface area (Å²) >= 11 is 0. The van der Waals surface area contributed by atoms with Gasteiger partial charge in [-0.1, -0.05) is 30.3 Å². The summed E-state index contributed by atoms with van der Waals surface area (Å²) in [5, 5.41) is 7.56. The molecule has 0 amide bonds. The summed E-state index contributed by atoms with van der Waals surface area (Å²) in [5.74, 6) is 0. The van der Waals surface area contributed by atoms with Gasteiger partial charge in [-0.2, -0.15) is 0 Å². The van der Waals surface area contributed by atoms with Crippen molar-refractivity contribution in [3.8, 4) is 0 Å². The Bertz CT molecular complexity index is 497. The van der Waals surface area contributed by atoms with Gasteiger partial charge in [0.25, 0.3) is 0 Å². The van der Waals surface area contributed by atoms with Gasteiger partial charge < -0.3 is 24.3 Å². The molecule has 0 bridgehead atoms. The maximum Gasteiger partial charge on any atom is 0.364 e. The van der Waals surface area contributed by atoms with Crippen LogP contribution in [0.25, 0.3) is 0 Å². The van der Waals surface area contributed by atoms with Crippen LogP contribution >= 0.6 is 15.2 Å². The summed E-state index contributed by atoms with van der Waals surface area (Å²) < 4.78 is 27.2. The molecule has 4 N–H and O–H groups in total. The highest BCUT2D eigenvalue weighted by molar-refractivity contribution is 7.57. The van der Waals surface area contributed by atoms with Gasteiger partial charge >= 0.3 is 15.2 Å². The molecule has 18 heavy (non-hydrogen) atoms. The zero-order chi connectivity index (χ0) is 14.0. The highest BCUT2D eigenvalue weighted by atomic mass is 31.2. The van der Waals surface area contributed by atoms with Gasteiger partial charge in [0.1, 0.15) is 0 Å². The molecular weight excluding hydrogens is 282 g/mol. The zero-order valence-electron chi connectivity index (χ0n) is 9.50. The summed E-state index contributed by atoms with van der Waals surface area (Å²) in [7, 11) is -8.49. The first-order valence-corrected chi connectivity index (χ1v) is 8.21. The average molecular weight is 296 g/mol. The van der Waals surface area contributed by atoms with E-state index in [4.69, 9.17) is 9.79 Å². The molecule has 0 fully saturated rings. The van der Waals surface area contributed by atoms with Gasteiger partial charge in [0.15, 0.2) is 0 Å². The third kappa shape index (κ3) is 3.28. The normalized spacial score (nSPS) is 18.9. The lowest BCUT2D eigenvalue weighted by Crippen LogP contribution is -2.30. The molecule has 2 unspecified atom stereocenters. The highest BCUT2D eigenvalue weighted by Crippen LogP contribution is 2.63. The molecule has 1 aromatic carbocycles. The first-order valence-electron chi connectivity index (χ1n) is 4.83. The molecule has 9 heteroatoms. The first-order chi connectivity index (χ1) is 8.12. The molecule has 0 saturated heterocycles. The number of benzene rings is 1. The Morgan fingerprint density at radius 3 is 2.06 bits per heavy atom. The molecule has 1 aromatic rings. The molecule has 0 spiro atoms. The maximum atomic E-state index is 11.8. The minimum Gasteiger partial charge on any atom is -0.373 e. The topological polar surface area (TPSA) is 124 Å². The summed E-state index contributed by atoms with van der Waals surface area (Å²) in [6.07, 6.45) is -1.20. The Balaban J connectivity index is 3.36. The Morgan fingerprint density at radius 1 is 1.17 bits per heavy atom. The van der Waals surface area contributed by atoms with Crippen molar-refractivity contribution in [1.29, 1.82) is 0 Å². The van der Waals surface area contributed by atoms with Gasteiger partial charge in [-0.25, -0.2) is 0 Å². The van der Waals surface area contributed by atoms with Gasteiger partial charge in [-0.05, 0) is 5.56 Å². The molecule has 0 radical (unpaired) electrons. The van der Waals surface area contributed by atoms with Gasteiger partial charge in [-0.15, -0.1) is 0 Å². The van der Waals surface area contributed by atoms with Crippen LogP contribution in [0.3, 0.4) is 0 Å². The fraction of sp³-hybridized carbons (Fsp3) is 0.333. The van der Waals surface area contributed by atoms with Crippen LogP contribution in [0.5, 0.6) is 0 Å². The SMILES string of the molecule is COP(=O)(O)C(O)(CP(=O)(O)O)c1ccccc1. The van der Waals surface area contributed by atoms with E-state index in [0.29, 0.717) is 0 Å². The largest absolute Gasteiger partial charge is 0.373 e. The van der Waals surface area contributed by atoms with Crippen LogP contribution in [0, 0.1) is 0 Å². The fourth-order valence-corrected chi connectivity index (χ4v) is 4.29. The second kappa shape index (κ2) is 5.23. The minimum absolute atomic E-state index is 0.0963. The van der Waals surface area contributed by atoms with E-state index in [9.17, 15) is 19.1 Å². The van der Waals surface area contributed by atoms with Crippen molar-refractivity contribution in [3.63, 3.8) is 0 Å². The Morgan fingerprint density at radius 2 is 1.67 bits per heavy atom. The number of hydrogen-bond donors (Lipinski definition) is 4. The lowest BCUT2D eigenvalue weighted by molar-refractivity contribution is 0.0983. The van der Waals surface area contributed by atoms with Crippen molar-refractivity contribution in [3.05, 3.63) is 35.9 Å². The van der Waals surface area contributed by atoms with Gasteiger partial charge in [0.2, 0.25) is 5.34 Å². The van der Waals surface area contributed by atoms with Crippen molar-refractivity contribution in [2.75, 3.05) is 13.3 Å². The van der Waals surface area contributed by atoms with E-state index in [-0.39, 0.29) is 5.56 Å². The molecule has 0 aliphatic carbocycles. The second-order valence-corrected chi connectivity index (χ2v) is 7.50. The quantitative estimate of drug-likeness (QED) is 0.593. The monoisotopic (exact) mass is 296 g/mol. The van der Waals surface area contributed by atoms with Crippen LogP contribution in [-0.2, 0) is 19.0 Å². The van der Waals surface area contributed by atoms with Crippen molar-refractivity contribution in [2.45, 2.75) is 5.34 Å². The molecular formula is C9H14O7P2. The van der Waals surface area contributed by atoms with E-state index in [0.717, 1.165) is 7.11 Å². The maximum absolute atomic E-state index is 11.8. The molecule has 102 valence electrons. The Labute approximate surface area is 104 Å². The number of rotatable bonds is 5. The molecule has 0 heterocycles. The standard InChI is InChI=1S/C9H14O7P2/c1-16-18(14,15)9(10,7-17(11,12)13)8-5-3-2-4-6-8/h2-6,10H,7H2,1H3,(H,14,15)(H2,11,12,13). The molecule has 0 aliphatic rings. The van der Waals surface area contributed by atoms with Gasteiger partial charge in [-0.3, -0.25) is 9.13 Å². The van der Waals surface area contributed by atoms with E-state index >= 15 is 0 Å². The van der Waals surface area contributed by atoms with E-state index < -0.39 is 26.7 Å². The van der Waals surface area contributed by atoms with Crippen LogP contribution in [0.4, 0.5) is 0 Å². The van der Waals surface area contributed by atoms with Crippen molar-refractivity contribution < 1.29 is 33.4 Å². The Kier molecular flexibility index (Phi) is 4.51. The van der Waals surface area contributed by atoms with Crippen LogP contribution in [0.2, 0.25) is 0 Å². The summed E-state index contributed by atoms with van der Waals surface area (Å²) in [6.45, 7) is 0. The molecule has 0 aromatic heterocycles. The van der Waals surface area contributed by atoms with Gasteiger partial charge in [0.05, 0.1) is 6.16 Å². The predicted molar refractivity (Wildman–Crippen MR) is 64.1 cm³/mol. The summed E-state index contributed by atoms with van der Waals surface area (Å²) in [4.78, 5) is 27.5. The average Bonchev–Trinajstić information content (AvgIpc) is 2.27. The fourth-order valence-electron chi connectivity index (χ4n) is 1.49. The minimum atomic E-state index is -4.72. The van der Waals surface area contributed by atoms with Crippen LogP contribution in [0.1, 0.15) is 5.56 Å². The summed E-state index contributed by atoms with van der Waals surface area (Å²) in [6, 6.07) is 7.11. The van der Waals surface area contributed by atoms with E-state index in [2.05, 4.69) is 4.52 Å². The molecule has 2 atom stereocenters. The third-order valence-corrected chi connectivity index (χ3v) is 5.34. The highest BCUT2D eigenvalue weighted by Gasteiger charge is 2.52. The first kappa shape index (κ1) is 15.5. The number of aliphatic hydroxyl groups is 1. The van der Waals surface area contributed by atoms with Crippen LogP contribution in [-0.4, -0.2) is 33.1 Å². The van der Waals surface area contributed by atoms with Crippen molar-refractivity contribution in [2.24, 2.45) is 0 Å². The van der Waals surface area contributed by atoms with Crippen molar-refractivity contribution in [1.82, 2.24) is 0 Å². The van der Waals surface area contributed by atoms with E-state index in [1.165, 1.54) is 24.3 Å². The molecule has 0 aliphatic heterocycles. The predicted octanol–water partition coefficient (Wildman–Crippen LogP) is 0.841. The van der Waals surface area contributed by atoms with E-state index in [1.54, 1.807) is 6.07 Å². The zero-order valence-corrected chi connectivity index (χ0v) is 11.3. The van der Waals surface area contributed by atoms with E-state index in [1.807, 2.05) is 0 Å². The van der Waals surface area contributed by atoms with Crippen molar-refractivity contribution >= 4 is 15.2 Å².